The summed E-state index contributed by atoms with van der Waals surface area (Å²) < 4.78 is 1.58. The first-order chi connectivity index (χ1) is 9.72. The minimum Gasteiger partial charge on any atom is -0.396 e. The lowest BCUT2D eigenvalue weighted by molar-refractivity contribution is -0.133. The van der Waals surface area contributed by atoms with E-state index in [1.54, 1.807) is 29.5 Å². The van der Waals surface area contributed by atoms with Crippen molar-refractivity contribution in [1.82, 2.24) is 19.7 Å². The van der Waals surface area contributed by atoms with Crippen LogP contribution in [0, 0.1) is 0 Å². The molecule has 20 heavy (non-hydrogen) atoms. The van der Waals surface area contributed by atoms with Crippen molar-refractivity contribution in [1.29, 1.82) is 0 Å². The molecule has 1 aliphatic carbocycles. The van der Waals surface area contributed by atoms with Crippen LogP contribution in [0.4, 0.5) is 5.69 Å². The molecule has 6 nitrogen and oxygen atoms in total. The van der Waals surface area contributed by atoms with Crippen LogP contribution in [0.5, 0.6) is 0 Å². The maximum Gasteiger partial charge on any atom is 0.244 e. The Balaban J connectivity index is 1.69. The topological polar surface area (TPSA) is 77.0 Å². The molecule has 1 fully saturated rings. The number of rotatable bonds is 5. The highest BCUT2D eigenvalue weighted by molar-refractivity contribution is 5.76. The van der Waals surface area contributed by atoms with Crippen LogP contribution in [0.3, 0.4) is 0 Å². The molecule has 3 rings (SSSR count). The SMILES string of the molecule is Nc1cnn(CC(=O)N(Cc2ccncc2)C2CC2)c1. The van der Waals surface area contributed by atoms with Gasteiger partial charge in [-0.05, 0) is 30.5 Å². The number of aromatic nitrogens is 3. The number of nitrogen functional groups attached to an aromatic ring is 1. The fourth-order valence-electron chi connectivity index (χ4n) is 2.19. The van der Waals surface area contributed by atoms with E-state index in [9.17, 15) is 4.79 Å². The van der Waals surface area contributed by atoms with Gasteiger partial charge in [-0.15, -0.1) is 0 Å². The molecule has 1 amide bonds. The highest BCUT2D eigenvalue weighted by Gasteiger charge is 2.32. The van der Waals surface area contributed by atoms with Gasteiger partial charge in [0.05, 0.1) is 11.9 Å². The Morgan fingerprint density at radius 1 is 1.40 bits per heavy atom. The second-order valence-electron chi connectivity index (χ2n) is 5.08. The van der Waals surface area contributed by atoms with Gasteiger partial charge in [0, 0.05) is 31.2 Å². The number of nitrogens with two attached hydrogens (primary N) is 1. The lowest BCUT2D eigenvalue weighted by Crippen LogP contribution is -2.35. The van der Waals surface area contributed by atoms with Crippen LogP contribution in [0.1, 0.15) is 18.4 Å². The molecule has 2 aromatic heterocycles. The average molecular weight is 271 g/mol. The van der Waals surface area contributed by atoms with Crippen LogP contribution in [-0.4, -0.2) is 31.6 Å². The van der Waals surface area contributed by atoms with E-state index in [0.717, 1.165) is 18.4 Å². The van der Waals surface area contributed by atoms with E-state index in [2.05, 4.69) is 10.1 Å². The summed E-state index contributed by atoms with van der Waals surface area (Å²) in [4.78, 5) is 18.3. The minimum absolute atomic E-state index is 0.0763. The standard InChI is InChI=1S/C14H17N5O/c15-12-7-17-18(9-12)10-14(20)19(13-1-2-13)8-11-3-5-16-6-4-11/h3-7,9,13H,1-2,8,10,15H2. The van der Waals surface area contributed by atoms with Crippen LogP contribution < -0.4 is 5.73 Å². The number of pyridine rings is 1. The van der Waals surface area contributed by atoms with Crippen molar-refractivity contribution in [2.24, 2.45) is 0 Å². The molecule has 0 spiro atoms. The summed E-state index contributed by atoms with van der Waals surface area (Å²) >= 11 is 0. The molecular formula is C14H17N5O. The number of carbonyl (C=O) groups is 1. The minimum atomic E-state index is 0.0763. The van der Waals surface area contributed by atoms with Crippen LogP contribution in [0.15, 0.2) is 36.9 Å². The summed E-state index contributed by atoms with van der Waals surface area (Å²) in [5.41, 5.74) is 7.28. The third kappa shape index (κ3) is 2.96. The molecule has 0 aliphatic heterocycles. The predicted octanol–water partition coefficient (Wildman–Crippen LogP) is 1.05. The van der Waals surface area contributed by atoms with Gasteiger partial charge in [-0.2, -0.15) is 5.10 Å². The second-order valence-corrected chi connectivity index (χ2v) is 5.08. The van der Waals surface area contributed by atoms with E-state index in [4.69, 9.17) is 5.73 Å². The van der Waals surface area contributed by atoms with Gasteiger partial charge in [0.1, 0.15) is 6.54 Å². The Bertz CT molecular complexity index is 591. The Morgan fingerprint density at radius 2 is 2.15 bits per heavy atom. The molecule has 0 unspecified atom stereocenters. The van der Waals surface area contributed by atoms with E-state index >= 15 is 0 Å². The summed E-state index contributed by atoms with van der Waals surface area (Å²) in [6.07, 6.45) is 8.89. The van der Waals surface area contributed by atoms with Crippen molar-refractivity contribution in [2.75, 3.05) is 5.73 Å². The van der Waals surface area contributed by atoms with Gasteiger partial charge in [-0.1, -0.05) is 0 Å². The van der Waals surface area contributed by atoms with E-state index in [1.165, 1.54) is 0 Å². The first-order valence-electron chi connectivity index (χ1n) is 6.68. The van der Waals surface area contributed by atoms with Gasteiger partial charge in [0.15, 0.2) is 0 Å². The molecule has 0 atom stereocenters. The fraction of sp³-hybridized carbons (Fsp3) is 0.357. The highest BCUT2D eigenvalue weighted by Crippen LogP contribution is 2.28. The molecule has 1 saturated carbocycles. The number of hydrogen-bond donors (Lipinski definition) is 1. The van der Waals surface area contributed by atoms with Gasteiger partial charge in [0.2, 0.25) is 5.91 Å². The van der Waals surface area contributed by atoms with Crippen LogP contribution >= 0.6 is 0 Å². The third-order valence-electron chi connectivity index (χ3n) is 3.36. The molecule has 2 N–H and O–H groups in total. The van der Waals surface area contributed by atoms with Gasteiger partial charge in [-0.25, -0.2) is 0 Å². The van der Waals surface area contributed by atoms with Gasteiger partial charge in [-0.3, -0.25) is 14.5 Å². The van der Waals surface area contributed by atoms with Crippen molar-refractivity contribution in [3.8, 4) is 0 Å². The van der Waals surface area contributed by atoms with Crippen molar-refractivity contribution >= 4 is 11.6 Å². The summed E-state index contributed by atoms with van der Waals surface area (Å²) in [7, 11) is 0. The zero-order chi connectivity index (χ0) is 13.9. The first kappa shape index (κ1) is 12.7. The Hall–Kier alpha value is -2.37. The molecule has 0 saturated heterocycles. The van der Waals surface area contributed by atoms with Gasteiger partial charge >= 0.3 is 0 Å². The monoisotopic (exact) mass is 271 g/mol. The molecule has 0 bridgehead atoms. The quantitative estimate of drug-likeness (QED) is 0.881. The van der Waals surface area contributed by atoms with Crippen molar-refractivity contribution in [3.05, 3.63) is 42.5 Å². The number of anilines is 1. The van der Waals surface area contributed by atoms with Gasteiger partial charge < -0.3 is 10.6 Å². The predicted molar refractivity (Wildman–Crippen MR) is 74.4 cm³/mol. The first-order valence-corrected chi connectivity index (χ1v) is 6.68. The Kier molecular flexibility index (Phi) is 3.37. The van der Waals surface area contributed by atoms with Crippen molar-refractivity contribution in [2.45, 2.75) is 32.0 Å². The lowest BCUT2D eigenvalue weighted by Gasteiger charge is -2.22. The van der Waals surface area contributed by atoms with Crippen molar-refractivity contribution in [3.63, 3.8) is 0 Å². The van der Waals surface area contributed by atoms with E-state index in [1.807, 2.05) is 17.0 Å². The smallest absolute Gasteiger partial charge is 0.244 e. The fourth-order valence-corrected chi connectivity index (χ4v) is 2.19. The average Bonchev–Trinajstić information content (AvgIpc) is 3.21. The molecule has 104 valence electrons. The summed E-state index contributed by atoms with van der Waals surface area (Å²) in [5.74, 6) is 0.0763. The molecular weight excluding hydrogens is 254 g/mol. The molecule has 6 heteroatoms. The number of carbonyl (C=O) groups excluding carboxylic acids is 1. The van der Waals surface area contributed by atoms with E-state index < -0.39 is 0 Å². The highest BCUT2D eigenvalue weighted by atomic mass is 16.2. The zero-order valence-corrected chi connectivity index (χ0v) is 11.1. The van der Waals surface area contributed by atoms with Crippen LogP contribution in [0.25, 0.3) is 0 Å². The summed E-state index contributed by atoms with van der Waals surface area (Å²) in [6.45, 7) is 0.863. The molecule has 2 aromatic rings. The number of hydrogen-bond acceptors (Lipinski definition) is 4. The summed E-state index contributed by atoms with van der Waals surface area (Å²) in [5, 5.41) is 4.06. The lowest BCUT2D eigenvalue weighted by atomic mass is 10.2. The third-order valence-corrected chi connectivity index (χ3v) is 3.36. The second kappa shape index (κ2) is 5.32. The number of amides is 1. The van der Waals surface area contributed by atoms with E-state index in [0.29, 0.717) is 18.3 Å². The Labute approximate surface area is 117 Å². The van der Waals surface area contributed by atoms with E-state index in [-0.39, 0.29) is 12.5 Å². The van der Waals surface area contributed by atoms with Crippen LogP contribution in [0.2, 0.25) is 0 Å². The molecule has 0 aromatic carbocycles. The summed E-state index contributed by atoms with van der Waals surface area (Å²) in [6, 6.07) is 4.24. The largest absolute Gasteiger partial charge is 0.396 e. The number of nitrogens with zero attached hydrogens (tertiary/aromatic N) is 4. The molecule has 1 aliphatic rings. The maximum atomic E-state index is 12.4. The Morgan fingerprint density at radius 3 is 2.75 bits per heavy atom. The normalized spacial score (nSPS) is 14.2. The maximum absolute atomic E-state index is 12.4. The van der Waals surface area contributed by atoms with Crippen LogP contribution in [-0.2, 0) is 17.9 Å². The van der Waals surface area contributed by atoms with Crippen molar-refractivity contribution < 1.29 is 4.79 Å². The molecule has 2 heterocycles. The van der Waals surface area contributed by atoms with Gasteiger partial charge in [0.25, 0.3) is 0 Å². The zero-order valence-electron chi connectivity index (χ0n) is 11.1. The molecule has 0 radical (unpaired) electrons.